The fraction of sp³-hybridized carbons (Fsp3) is 0.538. The van der Waals surface area contributed by atoms with Crippen molar-refractivity contribution in [3.63, 3.8) is 0 Å². The Morgan fingerprint density at radius 1 is 1.44 bits per heavy atom. The van der Waals surface area contributed by atoms with Crippen molar-refractivity contribution >= 4 is 11.3 Å². The largest absolute Gasteiger partial charge is 0.312 e. The van der Waals surface area contributed by atoms with E-state index in [1.165, 1.54) is 10.6 Å². The molecule has 1 unspecified atom stereocenters. The minimum atomic E-state index is 0.381. The molecular formula is C13H20N4S. The van der Waals surface area contributed by atoms with E-state index in [1.807, 2.05) is 25.0 Å². The number of aryl methyl sites for hydroxylation is 4. The van der Waals surface area contributed by atoms with Crippen LogP contribution in [0.4, 0.5) is 0 Å². The van der Waals surface area contributed by atoms with E-state index in [1.54, 1.807) is 11.3 Å². The molecule has 2 heterocycles. The summed E-state index contributed by atoms with van der Waals surface area (Å²) >= 11 is 1.79. The first-order valence-electron chi connectivity index (χ1n) is 6.20. The molecule has 1 N–H and O–H groups in total. The minimum Gasteiger partial charge on any atom is -0.312 e. The van der Waals surface area contributed by atoms with Crippen molar-refractivity contribution in [3.8, 4) is 0 Å². The quantitative estimate of drug-likeness (QED) is 0.901. The summed E-state index contributed by atoms with van der Waals surface area (Å²) in [5.74, 6) is 0. The average Bonchev–Trinajstić information content (AvgIpc) is 2.87. The van der Waals surface area contributed by atoms with E-state index in [4.69, 9.17) is 0 Å². The highest BCUT2D eigenvalue weighted by Crippen LogP contribution is 2.27. The van der Waals surface area contributed by atoms with Gasteiger partial charge in [0.15, 0.2) is 0 Å². The molecule has 0 bridgehead atoms. The zero-order valence-corrected chi connectivity index (χ0v) is 12.2. The van der Waals surface area contributed by atoms with Crippen molar-refractivity contribution in [1.29, 1.82) is 0 Å². The van der Waals surface area contributed by atoms with Gasteiger partial charge in [-0.25, -0.2) is 4.98 Å². The number of rotatable bonds is 5. The van der Waals surface area contributed by atoms with Gasteiger partial charge in [-0.05, 0) is 39.8 Å². The third-order valence-electron chi connectivity index (χ3n) is 3.22. The van der Waals surface area contributed by atoms with E-state index in [0.29, 0.717) is 6.04 Å². The highest BCUT2D eigenvalue weighted by Gasteiger charge is 2.16. The molecule has 2 rings (SSSR count). The first kappa shape index (κ1) is 13.2. The normalized spacial score (nSPS) is 12.9. The Kier molecular flexibility index (Phi) is 4.14. The molecule has 0 aliphatic carbocycles. The smallest absolute Gasteiger partial charge is 0.0900 e. The van der Waals surface area contributed by atoms with E-state index >= 15 is 0 Å². The number of nitrogens with zero attached hydrogens (tertiary/aromatic N) is 3. The highest BCUT2D eigenvalue weighted by molar-refractivity contribution is 7.11. The Balaban J connectivity index is 2.06. The fourth-order valence-electron chi connectivity index (χ4n) is 2.22. The molecule has 0 saturated heterocycles. The van der Waals surface area contributed by atoms with Gasteiger partial charge in [0.25, 0.3) is 0 Å². The Hall–Kier alpha value is -1.20. The molecule has 0 amide bonds. The van der Waals surface area contributed by atoms with E-state index in [0.717, 1.165) is 23.5 Å². The van der Waals surface area contributed by atoms with E-state index in [-0.39, 0.29) is 0 Å². The van der Waals surface area contributed by atoms with Crippen molar-refractivity contribution in [2.45, 2.75) is 32.7 Å². The lowest BCUT2D eigenvalue weighted by atomic mass is 10.1. The molecular weight excluding hydrogens is 244 g/mol. The molecule has 0 radical (unpaired) electrons. The molecule has 98 valence electrons. The van der Waals surface area contributed by atoms with Crippen molar-refractivity contribution < 1.29 is 0 Å². The summed E-state index contributed by atoms with van der Waals surface area (Å²) in [6.07, 6.45) is 3.95. The lowest BCUT2D eigenvalue weighted by molar-refractivity contribution is 0.540. The molecule has 0 aliphatic heterocycles. The highest BCUT2D eigenvalue weighted by atomic mass is 32.1. The van der Waals surface area contributed by atoms with Gasteiger partial charge in [-0.3, -0.25) is 4.68 Å². The second-order valence-corrected chi connectivity index (χ2v) is 5.74. The van der Waals surface area contributed by atoms with Crippen LogP contribution in [0.1, 0.15) is 33.7 Å². The Bertz CT molecular complexity index is 515. The number of hydrogen-bond donors (Lipinski definition) is 1. The topological polar surface area (TPSA) is 42.7 Å². The van der Waals surface area contributed by atoms with Crippen LogP contribution in [-0.4, -0.2) is 21.8 Å². The standard InChI is InChI=1S/C13H20N4S/c1-9-13(18-10(2)16-9)12(14-3)6-5-11-7-8-15-17(11)4/h7-8,12,14H,5-6H2,1-4H3. The maximum absolute atomic E-state index is 4.50. The first-order chi connectivity index (χ1) is 8.61. The van der Waals surface area contributed by atoms with Crippen molar-refractivity contribution in [1.82, 2.24) is 20.1 Å². The molecule has 2 aromatic heterocycles. The first-order valence-corrected chi connectivity index (χ1v) is 7.01. The van der Waals surface area contributed by atoms with Gasteiger partial charge in [-0.1, -0.05) is 0 Å². The summed E-state index contributed by atoms with van der Waals surface area (Å²) in [7, 11) is 4.01. The molecule has 1 atom stereocenters. The molecule has 0 spiro atoms. The SMILES string of the molecule is CNC(CCc1ccnn1C)c1sc(C)nc1C. The molecule has 5 heteroatoms. The molecule has 0 aromatic carbocycles. The van der Waals surface area contributed by atoms with Crippen LogP contribution in [0.3, 0.4) is 0 Å². The molecule has 0 fully saturated rings. The minimum absolute atomic E-state index is 0.381. The van der Waals surface area contributed by atoms with Crippen LogP contribution in [0.5, 0.6) is 0 Å². The molecule has 0 saturated carbocycles. The Morgan fingerprint density at radius 2 is 2.22 bits per heavy atom. The van der Waals surface area contributed by atoms with Crippen molar-refractivity contribution in [3.05, 3.63) is 33.5 Å². The van der Waals surface area contributed by atoms with Gasteiger partial charge in [0.05, 0.1) is 10.7 Å². The van der Waals surface area contributed by atoms with E-state index in [9.17, 15) is 0 Å². The van der Waals surface area contributed by atoms with Crippen LogP contribution in [0, 0.1) is 13.8 Å². The fourth-order valence-corrected chi connectivity index (χ4v) is 3.29. The van der Waals surface area contributed by atoms with Gasteiger partial charge in [-0.2, -0.15) is 5.10 Å². The number of thiazole rings is 1. The third-order valence-corrected chi connectivity index (χ3v) is 4.40. The molecule has 2 aromatic rings. The lowest BCUT2D eigenvalue weighted by Crippen LogP contribution is -2.17. The predicted octanol–water partition coefficient (Wildman–Crippen LogP) is 2.39. The maximum Gasteiger partial charge on any atom is 0.0900 e. The van der Waals surface area contributed by atoms with Crippen LogP contribution in [0.2, 0.25) is 0 Å². The van der Waals surface area contributed by atoms with Crippen LogP contribution >= 0.6 is 11.3 Å². The van der Waals surface area contributed by atoms with Gasteiger partial charge in [0.1, 0.15) is 0 Å². The van der Waals surface area contributed by atoms with Gasteiger partial charge in [0, 0.05) is 29.9 Å². The summed E-state index contributed by atoms with van der Waals surface area (Å²) in [4.78, 5) is 5.86. The lowest BCUT2D eigenvalue weighted by Gasteiger charge is -2.15. The van der Waals surface area contributed by atoms with Crippen LogP contribution < -0.4 is 5.32 Å². The van der Waals surface area contributed by atoms with Crippen LogP contribution in [-0.2, 0) is 13.5 Å². The Morgan fingerprint density at radius 3 is 2.72 bits per heavy atom. The van der Waals surface area contributed by atoms with E-state index in [2.05, 4.69) is 35.3 Å². The number of nitrogens with one attached hydrogen (secondary N) is 1. The summed E-state index contributed by atoms with van der Waals surface area (Å²) < 4.78 is 1.94. The van der Waals surface area contributed by atoms with Crippen molar-refractivity contribution in [2.75, 3.05) is 7.05 Å². The van der Waals surface area contributed by atoms with Crippen molar-refractivity contribution in [2.24, 2.45) is 7.05 Å². The van der Waals surface area contributed by atoms with Gasteiger partial charge in [-0.15, -0.1) is 11.3 Å². The number of aromatic nitrogens is 3. The zero-order valence-electron chi connectivity index (χ0n) is 11.4. The van der Waals surface area contributed by atoms with Crippen LogP contribution in [0.15, 0.2) is 12.3 Å². The molecule has 4 nitrogen and oxygen atoms in total. The maximum atomic E-state index is 4.50. The average molecular weight is 264 g/mol. The van der Waals surface area contributed by atoms with Gasteiger partial charge < -0.3 is 5.32 Å². The van der Waals surface area contributed by atoms with Gasteiger partial charge >= 0.3 is 0 Å². The molecule has 18 heavy (non-hydrogen) atoms. The summed E-state index contributed by atoms with van der Waals surface area (Å²) in [6, 6.07) is 2.46. The summed E-state index contributed by atoms with van der Waals surface area (Å²) in [5.41, 5.74) is 2.43. The van der Waals surface area contributed by atoms with Gasteiger partial charge in [0.2, 0.25) is 0 Å². The number of hydrogen-bond acceptors (Lipinski definition) is 4. The van der Waals surface area contributed by atoms with E-state index < -0.39 is 0 Å². The van der Waals surface area contributed by atoms with Crippen LogP contribution in [0.25, 0.3) is 0 Å². The monoisotopic (exact) mass is 264 g/mol. The second kappa shape index (κ2) is 5.63. The third kappa shape index (κ3) is 2.79. The second-order valence-electron chi connectivity index (χ2n) is 4.51. The summed E-state index contributed by atoms with van der Waals surface area (Å²) in [6.45, 7) is 4.16. The molecule has 0 aliphatic rings. The zero-order chi connectivity index (χ0) is 13.1. The Labute approximate surface area is 112 Å². The summed E-state index contributed by atoms with van der Waals surface area (Å²) in [5, 5.41) is 8.74. The predicted molar refractivity (Wildman–Crippen MR) is 74.9 cm³/mol.